The number of rotatable bonds is 4. The van der Waals surface area contributed by atoms with Crippen molar-refractivity contribution in [3.05, 3.63) is 75.8 Å². The highest BCUT2D eigenvalue weighted by Gasteiger charge is 2.41. The average Bonchev–Trinajstić information content (AvgIpc) is 3.45. The van der Waals surface area contributed by atoms with Gasteiger partial charge in [-0.3, -0.25) is 14.2 Å². The number of benzene rings is 1. The van der Waals surface area contributed by atoms with Gasteiger partial charge in [-0.05, 0) is 43.5 Å². The van der Waals surface area contributed by atoms with E-state index in [0.717, 1.165) is 6.42 Å². The molecule has 1 aliphatic carbocycles. The van der Waals surface area contributed by atoms with Crippen molar-refractivity contribution in [2.75, 3.05) is 6.61 Å². The number of hydrogen-bond acceptors (Lipinski definition) is 7. The normalized spacial score (nSPS) is 19.1. The first-order valence-electron chi connectivity index (χ1n) is 10.5. The monoisotopic (exact) mass is 452 g/mol. The van der Waals surface area contributed by atoms with Gasteiger partial charge in [0, 0.05) is 6.54 Å². The van der Waals surface area contributed by atoms with Gasteiger partial charge < -0.3 is 15.2 Å². The van der Waals surface area contributed by atoms with E-state index in [4.69, 9.17) is 4.74 Å². The molecule has 11 heteroatoms. The van der Waals surface area contributed by atoms with Crippen LogP contribution in [0.2, 0.25) is 0 Å². The van der Waals surface area contributed by atoms with E-state index >= 15 is 0 Å². The van der Waals surface area contributed by atoms with Crippen molar-refractivity contribution in [2.45, 2.75) is 38.5 Å². The molecule has 2 N–H and O–H groups in total. The summed E-state index contributed by atoms with van der Waals surface area (Å²) in [4.78, 5) is 34.2. The topological polar surface area (TPSA) is 124 Å². The molecule has 3 heterocycles. The van der Waals surface area contributed by atoms with Crippen LogP contribution in [0.3, 0.4) is 0 Å². The Kier molecular flexibility index (Phi) is 5.05. The number of amides is 1. The Balaban J connectivity index is 1.47. The van der Waals surface area contributed by atoms with Crippen molar-refractivity contribution >= 4 is 5.91 Å². The first kappa shape index (κ1) is 21.0. The number of aromatic nitrogens is 5. The van der Waals surface area contributed by atoms with Crippen LogP contribution in [0, 0.1) is 12.7 Å². The molecule has 2 aliphatic rings. The molecule has 1 aliphatic heterocycles. The van der Waals surface area contributed by atoms with Crippen LogP contribution in [0.5, 0.6) is 5.75 Å². The molecule has 2 aromatic heterocycles. The van der Waals surface area contributed by atoms with Crippen LogP contribution in [-0.4, -0.2) is 41.9 Å². The Morgan fingerprint density at radius 2 is 2.24 bits per heavy atom. The SMILES string of the molecule is Cc1ncnn1-c1cc(F)ccc1CNC(=O)c1nc2n(c(=O)c1O)CCOC21C=CCC1. The van der Waals surface area contributed by atoms with Gasteiger partial charge in [0.2, 0.25) is 5.75 Å². The molecule has 1 aromatic carbocycles. The van der Waals surface area contributed by atoms with Gasteiger partial charge in [-0.15, -0.1) is 0 Å². The van der Waals surface area contributed by atoms with Crippen LogP contribution < -0.4 is 10.9 Å². The second-order valence-corrected chi connectivity index (χ2v) is 7.94. The summed E-state index contributed by atoms with van der Waals surface area (Å²) in [7, 11) is 0. The van der Waals surface area contributed by atoms with Crippen molar-refractivity contribution < 1.29 is 19.0 Å². The zero-order valence-electron chi connectivity index (χ0n) is 17.8. The lowest BCUT2D eigenvalue weighted by molar-refractivity contribution is -0.0477. The van der Waals surface area contributed by atoms with Crippen LogP contribution in [0.4, 0.5) is 4.39 Å². The Hall–Kier alpha value is -3.86. The number of hydrogen-bond donors (Lipinski definition) is 2. The molecule has 0 fully saturated rings. The maximum Gasteiger partial charge on any atom is 0.296 e. The summed E-state index contributed by atoms with van der Waals surface area (Å²) in [5.74, 6) is -1.07. The number of aromatic hydroxyl groups is 1. The smallest absolute Gasteiger partial charge is 0.296 e. The number of carbonyl (C=O) groups excluding carboxylic acids is 1. The summed E-state index contributed by atoms with van der Waals surface area (Å²) < 4.78 is 22.6. The molecule has 1 unspecified atom stereocenters. The van der Waals surface area contributed by atoms with Crippen LogP contribution in [0.25, 0.3) is 5.69 Å². The third kappa shape index (κ3) is 3.50. The number of nitrogens with zero attached hydrogens (tertiary/aromatic N) is 5. The van der Waals surface area contributed by atoms with Crippen molar-refractivity contribution in [1.29, 1.82) is 0 Å². The van der Waals surface area contributed by atoms with E-state index in [1.165, 1.54) is 33.8 Å². The van der Waals surface area contributed by atoms with Crippen molar-refractivity contribution in [3.63, 3.8) is 0 Å². The second kappa shape index (κ2) is 7.93. The third-order valence-corrected chi connectivity index (χ3v) is 5.92. The fraction of sp³-hybridized carbons (Fsp3) is 0.318. The summed E-state index contributed by atoms with van der Waals surface area (Å²) in [5.41, 5.74) is -0.970. The molecule has 170 valence electrons. The van der Waals surface area contributed by atoms with Gasteiger partial charge in [0.25, 0.3) is 11.5 Å². The molecule has 5 rings (SSSR count). The van der Waals surface area contributed by atoms with Crippen molar-refractivity contribution in [2.24, 2.45) is 0 Å². The standard InChI is InChI=1S/C22H21FN6O4/c1-13-25-12-26-29(13)16-10-15(23)5-4-14(16)11-24-19(31)17-18(30)20(32)28-8-9-33-22(21(28)27-17)6-2-3-7-22/h2,4-6,10,12,30H,3,7-9,11H2,1H3,(H,24,31). The minimum atomic E-state index is -0.880. The van der Waals surface area contributed by atoms with E-state index in [0.29, 0.717) is 35.9 Å². The second-order valence-electron chi connectivity index (χ2n) is 7.94. The highest BCUT2D eigenvalue weighted by Crippen LogP contribution is 2.38. The predicted molar refractivity (Wildman–Crippen MR) is 113 cm³/mol. The van der Waals surface area contributed by atoms with Crippen molar-refractivity contribution in [1.82, 2.24) is 29.6 Å². The lowest BCUT2D eigenvalue weighted by Crippen LogP contribution is -2.43. The summed E-state index contributed by atoms with van der Waals surface area (Å²) in [6, 6.07) is 4.08. The van der Waals surface area contributed by atoms with Crippen LogP contribution in [0.1, 0.15) is 40.5 Å². The molecule has 10 nitrogen and oxygen atoms in total. The fourth-order valence-corrected chi connectivity index (χ4v) is 4.26. The van der Waals surface area contributed by atoms with Gasteiger partial charge in [0.05, 0.1) is 18.8 Å². The van der Waals surface area contributed by atoms with Gasteiger partial charge in [0.1, 0.15) is 29.4 Å². The molecule has 3 aromatic rings. The first-order chi connectivity index (χ1) is 15.9. The molecule has 0 saturated heterocycles. The lowest BCUT2D eigenvalue weighted by Gasteiger charge is -2.34. The summed E-state index contributed by atoms with van der Waals surface area (Å²) in [6.45, 7) is 2.24. The number of halogens is 1. The quantitative estimate of drug-likeness (QED) is 0.575. The van der Waals surface area contributed by atoms with E-state index in [1.54, 1.807) is 6.92 Å². The first-order valence-corrected chi connectivity index (χ1v) is 10.5. The Morgan fingerprint density at radius 3 is 2.97 bits per heavy atom. The van der Waals surface area contributed by atoms with Crippen LogP contribution in [-0.2, 0) is 23.4 Å². The maximum absolute atomic E-state index is 13.9. The van der Waals surface area contributed by atoms with E-state index < -0.39 is 28.6 Å². The van der Waals surface area contributed by atoms with Gasteiger partial charge in [0.15, 0.2) is 5.69 Å². The molecular formula is C22H21FN6O4. The number of ether oxygens (including phenoxy) is 1. The summed E-state index contributed by atoms with van der Waals surface area (Å²) in [6.07, 6.45) is 6.49. The highest BCUT2D eigenvalue weighted by atomic mass is 19.1. The average molecular weight is 452 g/mol. The van der Waals surface area contributed by atoms with Gasteiger partial charge >= 0.3 is 0 Å². The molecule has 1 atom stereocenters. The Bertz CT molecular complexity index is 1350. The van der Waals surface area contributed by atoms with Crippen molar-refractivity contribution in [3.8, 4) is 11.4 Å². The largest absolute Gasteiger partial charge is 0.501 e. The zero-order chi connectivity index (χ0) is 23.2. The number of aryl methyl sites for hydroxylation is 1. The molecule has 0 bridgehead atoms. The molecule has 0 saturated carbocycles. The molecule has 33 heavy (non-hydrogen) atoms. The third-order valence-electron chi connectivity index (χ3n) is 5.92. The van der Waals surface area contributed by atoms with Crippen LogP contribution in [0.15, 0.2) is 41.5 Å². The highest BCUT2D eigenvalue weighted by molar-refractivity contribution is 5.94. The van der Waals surface area contributed by atoms with E-state index in [9.17, 15) is 19.1 Å². The molecular weight excluding hydrogens is 431 g/mol. The number of carbonyl (C=O) groups is 1. The summed E-state index contributed by atoms with van der Waals surface area (Å²) in [5, 5.41) is 17.2. The number of nitrogens with one attached hydrogen (secondary N) is 1. The van der Waals surface area contributed by atoms with E-state index in [-0.39, 0.29) is 18.8 Å². The van der Waals surface area contributed by atoms with Gasteiger partial charge in [-0.25, -0.2) is 19.0 Å². The number of fused-ring (bicyclic) bond motifs is 2. The minimum absolute atomic E-state index is 0.0190. The number of allylic oxidation sites excluding steroid dienone is 1. The van der Waals surface area contributed by atoms with Gasteiger partial charge in [-0.2, -0.15) is 5.10 Å². The zero-order valence-corrected chi connectivity index (χ0v) is 17.8. The van der Waals surface area contributed by atoms with E-state index in [1.807, 2.05) is 12.2 Å². The Morgan fingerprint density at radius 1 is 1.39 bits per heavy atom. The lowest BCUT2D eigenvalue weighted by atomic mass is 10.00. The van der Waals surface area contributed by atoms with Gasteiger partial charge in [-0.1, -0.05) is 12.1 Å². The fourth-order valence-electron chi connectivity index (χ4n) is 4.26. The predicted octanol–water partition coefficient (Wildman–Crippen LogP) is 1.48. The van der Waals surface area contributed by atoms with Crippen LogP contribution >= 0.6 is 0 Å². The molecule has 1 amide bonds. The Labute approximate surface area is 187 Å². The maximum atomic E-state index is 13.9. The summed E-state index contributed by atoms with van der Waals surface area (Å²) >= 11 is 0. The minimum Gasteiger partial charge on any atom is -0.501 e. The molecule has 0 radical (unpaired) electrons. The molecule has 1 spiro atoms. The van der Waals surface area contributed by atoms with E-state index in [2.05, 4.69) is 20.4 Å².